The maximum atomic E-state index is 5.52. The van der Waals surface area contributed by atoms with Gasteiger partial charge in [-0.1, -0.05) is 24.3 Å². The molecule has 3 nitrogen and oxygen atoms in total. The second-order valence-corrected chi connectivity index (χ2v) is 3.21. The highest BCUT2D eigenvalue weighted by molar-refractivity contribution is 5.55. The van der Waals surface area contributed by atoms with Crippen LogP contribution in [0.2, 0.25) is 0 Å². The van der Waals surface area contributed by atoms with Crippen molar-refractivity contribution in [2.24, 2.45) is 5.73 Å². The van der Waals surface area contributed by atoms with E-state index in [1.54, 1.807) is 0 Å². The Morgan fingerprint density at radius 3 is 2.53 bits per heavy atom. The summed E-state index contributed by atoms with van der Waals surface area (Å²) in [5, 5.41) is 3.21. The van der Waals surface area contributed by atoms with Crippen molar-refractivity contribution in [3.05, 3.63) is 54.2 Å². The van der Waals surface area contributed by atoms with Gasteiger partial charge >= 0.3 is 0 Å². The van der Waals surface area contributed by atoms with E-state index in [-0.39, 0.29) is 0 Å². The van der Waals surface area contributed by atoms with Crippen LogP contribution in [0.25, 0.3) is 0 Å². The number of pyridine rings is 1. The Balaban J connectivity index is 2.17. The Bertz CT molecular complexity index is 426. The molecular formula is C12H13N3. The third kappa shape index (κ3) is 2.54. The predicted molar refractivity (Wildman–Crippen MR) is 61.9 cm³/mol. The number of nitrogens with one attached hydrogen (secondary N) is 1. The molecule has 0 unspecified atom stereocenters. The molecule has 0 spiro atoms. The standard InChI is InChI=1S/C12H13N3/c13-9-11-7-4-8-12(15-11)14-10-5-2-1-3-6-10/h1-8H,9,13H2,(H,14,15). The highest BCUT2D eigenvalue weighted by Crippen LogP contribution is 2.13. The Kier molecular flexibility index (Phi) is 2.95. The molecule has 0 atom stereocenters. The van der Waals surface area contributed by atoms with E-state index in [0.29, 0.717) is 6.54 Å². The van der Waals surface area contributed by atoms with Crippen LogP contribution in [0.5, 0.6) is 0 Å². The van der Waals surface area contributed by atoms with E-state index in [4.69, 9.17) is 5.73 Å². The number of hydrogen-bond donors (Lipinski definition) is 2. The summed E-state index contributed by atoms with van der Waals surface area (Å²) < 4.78 is 0. The normalized spacial score (nSPS) is 9.93. The number of benzene rings is 1. The molecule has 0 radical (unpaired) electrons. The van der Waals surface area contributed by atoms with Crippen LogP contribution < -0.4 is 11.1 Å². The van der Waals surface area contributed by atoms with E-state index in [0.717, 1.165) is 17.2 Å². The summed E-state index contributed by atoms with van der Waals surface area (Å²) in [6, 6.07) is 15.7. The first kappa shape index (κ1) is 9.68. The third-order valence-corrected chi connectivity index (χ3v) is 2.06. The summed E-state index contributed by atoms with van der Waals surface area (Å²) >= 11 is 0. The van der Waals surface area contributed by atoms with Crippen molar-refractivity contribution in [1.82, 2.24) is 4.98 Å². The maximum absolute atomic E-state index is 5.52. The first-order chi connectivity index (χ1) is 7.38. The van der Waals surface area contributed by atoms with Gasteiger partial charge in [-0.05, 0) is 24.3 Å². The van der Waals surface area contributed by atoms with Crippen LogP contribution >= 0.6 is 0 Å². The van der Waals surface area contributed by atoms with E-state index in [9.17, 15) is 0 Å². The minimum atomic E-state index is 0.463. The molecule has 1 aromatic carbocycles. The van der Waals surface area contributed by atoms with Gasteiger partial charge in [0, 0.05) is 12.2 Å². The Morgan fingerprint density at radius 2 is 1.80 bits per heavy atom. The van der Waals surface area contributed by atoms with Crippen LogP contribution in [-0.4, -0.2) is 4.98 Å². The molecule has 2 rings (SSSR count). The highest BCUT2D eigenvalue weighted by atomic mass is 15.0. The minimum Gasteiger partial charge on any atom is -0.340 e. The number of nitrogens with zero attached hydrogens (tertiary/aromatic N) is 1. The molecule has 76 valence electrons. The topological polar surface area (TPSA) is 50.9 Å². The van der Waals surface area contributed by atoms with E-state index < -0.39 is 0 Å². The van der Waals surface area contributed by atoms with Gasteiger partial charge in [-0.15, -0.1) is 0 Å². The third-order valence-electron chi connectivity index (χ3n) is 2.06. The van der Waals surface area contributed by atoms with Crippen molar-refractivity contribution in [3.63, 3.8) is 0 Å². The van der Waals surface area contributed by atoms with Crippen LogP contribution in [0.4, 0.5) is 11.5 Å². The van der Waals surface area contributed by atoms with Gasteiger partial charge in [0.1, 0.15) is 5.82 Å². The molecule has 3 heteroatoms. The Morgan fingerprint density at radius 1 is 1.00 bits per heavy atom. The lowest BCUT2D eigenvalue weighted by molar-refractivity contribution is 0.993. The van der Waals surface area contributed by atoms with Crippen LogP contribution in [-0.2, 0) is 6.54 Å². The van der Waals surface area contributed by atoms with Crippen molar-refractivity contribution in [3.8, 4) is 0 Å². The SMILES string of the molecule is NCc1cccc(Nc2ccccc2)n1. The largest absolute Gasteiger partial charge is 0.340 e. The zero-order valence-corrected chi connectivity index (χ0v) is 8.35. The Labute approximate surface area is 89.0 Å². The molecule has 0 aliphatic rings. The molecule has 0 fully saturated rings. The van der Waals surface area contributed by atoms with Crippen molar-refractivity contribution in [2.45, 2.75) is 6.54 Å². The fourth-order valence-corrected chi connectivity index (χ4v) is 1.33. The fraction of sp³-hybridized carbons (Fsp3) is 0.0833. The molecule has 3 N–H and O–H groups in total. The minimum absolute atomic E-state index is 0.463. The number of para-hydroxylation sites is 1. The second kappa shape index (κ2) is 4.57. The molecular weight excluding hydrogens is 186 g/mol. The predicted octanol–water partition coefficient (Wildman–Crippen LogP) is 2.28. The summed E-state index contributed by atoms with van der Waals surface area (Å²) in [6.07, 6.45) is 0. The molecule has 15 heavy (non-hydrogen) atoms. The van der Waals surface area contributed by atoms with Crippen molar-refractivity contribution in [2.75, 3.05) is 5.32 Å². The van der Waals surface area contributed by atoms with Crippen LogP contribution in [0.15, 0.2) is 48.5 Å². The molecule has 1 heterocycles. The quantitative estimate of drug-likeness (QED) is 0.797. The van der Waals surface area contributed by atoms with E-state index in [1.807, 2.05) is 48.5 Å². The molecule has 0 aliphatic carbocycles. The van der Waals surface area contributed by atoms with Gasteiger partial charge in [0.2, 0.25) is 0 Å². The zero-order valence-electron chi connectivity index (χ0n) is 8.35. The van der Waals surface area contributed by atoms with Gasteiger partial charge in [0.25, 0.3) is 0 Å². The van der Waals surface area contributed by atoms with Gasteiger partial charge in [-0.3, -0.25) is 0 Å². The Hall–Kier alpha value is -1.87. The summed E-state index contributed by atoms with van der Waals surface area (Å²) in [5.41, 5.74) is 7.43. The van der Waals surface area contributed by atoms with E-state index in [1.165, 1.54) is 0 Å². The second-order valence-electron chi connectivity index (χ2n) is 3.21. The van der Waals surface area contributed by atoms with Crippen molar-refractivity contribution >= 4 is 11.5 Å². The number of nitrogens with two attached hydrogens (primary N) is 1. The molecule has 2 aromatic rings. The number of aromatic nitrogens is 1. The average molecular weight is 199 g/mol. The lowest BCUT2D eigenvalue weighted by Gasteiger charge is -2.06. The molecule has 1 aromatic heterocycles. The lowest BCUT2D eigenvalue weighted by atomic mass is 10.3. The summed E-state index contributed by atoms with van der Waals surface area (Å²) in [7, 11) is 0. The number of anilines is 2. The average Bonchev–Trinajstić information content (AvgIpc) is 2.31. The van der Waals surface area contributed by atoms with E-state index >= 15 is 0 Å². The van der Waals surface area contributed by atoms with Crippen molar-refractivity contribution in [1.29, 1.82) is 0 Å². The number of hydrogen-bond acceptors (Lipinski definition) is 3. The van der Waals surface area contributed by atoms with Gasteiger partial charge < -0.3 is 11.1 Å². The van der Waals surface area contributed by atoms with Gasteiger partial charge in [0.05, 0.1) is 5.69 Å². The van der Waals surface area contributed by atoms with Crippen LogP contribution in [0.3, 0.4) is 0 Å². The molecule has 0 bridgehead atoms. The van der Waals surface area contributed by atoms with Gasteiger partial charge in [-0.25, -0.2) is 4.98 Å². The van der Waals surface area contributed by atoms with Crippen molar-refractivity contribution < 1.29 is 0 Å². The first-order valence-corrected chi connectivity index (χ1v) is 4.86. The van der Waals surface area contributed by atoms with Crippen LogP contribution in [0.1, 0.15) is 5.69 Å². The lowest BCUT2D eigenvalue weighted by Crippen LogP contribution is -2.01. The number of rotatable bonds is 3. The zero-order chi connectivity index (χ0) is 10.5. The monoisotopic (exact) mass is 199 g/mol. The van der Waals surface area contributed by atoms with E-state index in [2.05, 4.69) is 10.3 Å². The molecule has 0 aliphatic heterocycles. The summed E-state index contributed by atoms with van der Waals surface area (Å²) in [4.78, 5) is 4.35. The molecule has 0 saturated heterocycles. The smallest absolute Gasteiger partial charge is 0.130 e. The molecule has 0 saturated carbocycles. The summed E-state index contributed by atoms with van der Waals surface area (Å²) in [5.74, 6) is 0.823. The molecule has 0 amide bonds. The highest BCUT2D eigenvalue weighted by Gasteiger charge is 1.96. The summed E-state index contributed by atoms with van der Waals surface area (Å²) in [6.45, 7) is 0.463. The van der Waals surface area contributed by atoms with Gasteiger partial charge in [0.15, 0.2) is 0 Å². The van der Waals surface area contributed by atoms with Crippen LogP contribution in [0, 0.1) is 0 Å². The fourth-order valence-electron chi connectivity index (χ4n) is 1.33. The first-order valence-electron chi connectivity index (χ1n) is 4.86. The van der Waals surface area contributed by atoms with Gasteiger partial charge in [-0.2, -0.15) is 0 Å². The maximum Gasteiger partial charge on any atom is 0.130 e.